The van der Waals surface area contributed by atoms with Crippen molar-refractivity contribution >= 4 is 13.4 Å². The third-order valence-electron chi connectivity index (χ3n) is 3.88. The van der Waals surface area contributed by atoms with Crippen LogP contribution in [0.2, 0.25) is 0 Å². The number of hydrogen-bond donors (Lipinski definition) is 0. The quantitative estimate of drug-likeness (QED) is 0.651. The second-order valence-corrected chi connectivity index (χ2v) is 5.91. The summed E-state index contributed by atoms with van der Waals surface area (Å²) in [6.45, 7) is 6.31. The zero-order valence-electron chi connectivity index (χ0n) is 15.0. The van der Waals surface area contributed by atoms with Gasteiger partial charge in [0.05, 0.1) is 0 Å². The molecule has 0 fully saturated rings. The van der Waals surface area contributed by atoms with Crippen molar-refractivity contribution in [2.24, 2.45) is 0 Å². The highest BCUT2D eigenvalue weighted by atomic mass is 15.1. The van der Waals surface area contributed by atoms with Crippen molar-refractivity contribution in [1.29, 1.82) is 0 Å². The zero-order valence-corrected chi connectivity index (χ0v) is 15.0. The van der Waals surface area contributed by atoms with E-state index in [1.165, 1.54) is 16.7 Å². The van der Waals surface area contributed by atoms with E-state index in [1.54, 1.807) is 0 Å². The van der Waals surface area contributed by atoms with Crippen molar-refractivity contribution in [3.05, 3.63) is 96.0 Å². The topological polar surface area (TPSA) is 17.8 Å². The average Bonchev–Trinajstić information content (AvgIpc) is 3.04. The van der Waals surface area contributed by atoms with Gasteiger partial charge in [-0.2, -0.15) is 0 Å². The monoisotopic (exact) mass is 316 g/mol. The summed E-state index contributed by atoms with van der Waals surface area (Å²) >= 11 is 0. The predicted octanol–water partition coefficient (Wildman–Crippen LogP) is 4.48. The van der Waals surface area contributed by atoms with Gasteiger partial charge >= 0.3 is 0 Å². The number of aryl methyl sites for hydroxylation is 1. The number of rotatable bonds is 3. The second kappa shape index (κ2) is 8.92. The number of nitrogens with zero attached hydrogens (tertiary/aromatic N) is 2. The van der Waals surface area contributed by atoms with Crippen LogP contribution in [0, 0.1) is 6.92 Å². The van der Waals surface area contributed by atoms with Crippen molar-refractivity contribution in [3.8, 4) is 0 Å². The summed E-state index contributed by atoms with van der Waals surface area (Å²) in [4.78, 5) is 4.10. The molecule has 0 atom stereocenters. The third kappa shape index (κ3) is 4.72. The van der Waals surface area contributed by atoms with Crippen molar-refractivity contribution < 1.29 is 0 Å². The fraction of sp³-hybridized carbons (Fsp3) is 0.190. The Balaban J connectivity index is 0.000000198. The average molecular weight is 316 g/mol. The molecule has 0 aliphatic rings. The minimum Gasteiger partial charge on any atom is -0.333 e. The van der Waals surface area contributed by atoms with Crippen LogP contribution in [-0.2, 0) is 0 Å². The Morgan fingerprint density at radius 3 is 1.75 bits per heavy atom. The molecule has 0 aliphatic carbocycles. The van der Waals surface area contributed by atoms with E-state index >= 15 is 0 Å². The summed E-state index contributed by atoms with van der Waals surface area (Å²) in [6.07, 6.45) is 3.83. The lowest BCUT2D eigenvalue weighted by Gasteiger charge is -2.07. The maximum absolute atomic E-state index is 4.10. The molecule has 122 valence electrons. The van der Waals surface area contributed by atoms with E-state index in [4.69, 9.17) is 0 Å². The van der Waals surface area contributed by atoms with Crippen LogP contribution in [-0.4, -0.2) is 17.4 Å². The zero-order chi connectivity index (χ0) is 17.4. The Hall–Kier alpha value is -2.55. The molecule has 3 rings (SSSR count). The molecule has 0 amide bonds. The highest BCUT2D eigenvalue weighted by Crippen LogP contribution is 2.21. The van der Waals surface area contributed by atoms with E-state index in [0.29, 0.717) is 6.04 Å². The minimum absolute atomic E-state index is 0.535. The Morgan fingerprint density at radius 2 is 1.46 bits per heavy atom. The van der Waals surface area contributed by atoms with Gasteiger partial charge in [0.2, 0.25) is 0 Å². The van der Waals surface area contributed by atoms with Gasteiger partial charge in [0.25, 0.3) is 0 Å². The summed E-state index contributed by atoms with van der Waals surface area (Å²) in [5.74, 6) is 3.25. The van der Waals surface area contributed by atoms with Crippen molar-refractivity contribution in [2.45, 2.75) is 26.8 Å². The maximum Gasteiger partial charge on any atom is 0.130 e. The Bertz CT molecular complexity index is 717. The Morgan fingerprint density at radius 1 is 0.958 bits per heavy atom. The number of imidazole rings is 1. The molecule has 1 heterocycles. The van der Waals surface area contributed by atoms with E-state index in [9.17, 15) is 0 Å². The van der Waals surface area contributed by atoms with Crippen molar-refractivity contribution in [2.75, 3.05) is 0 Å². The smallest absolute Gasteiger partial charge is 0.130 e. The molecule has 0 saturated carbocycles. The van der Waals surface area contributed by atoms with Crippen molar-refractivity contribution in [1.82, 2.24) is 9.55 Å². The number of hydrogen-bond acceptors (Lipinski definition) is 1. The van der Waals surface area contributed by atoms with Crippen LogP contribution in [0.15, 0.2) is 79.0 Å². The summed E-state index contributed by atoms with van der Waals surface area (Å²) in [7, 11) is 2.08. The molecular formula is C21H25BN2. The normalized spacial score (nSPS) is 10.0. The predicted molar refractivity (Wildman–Crippen MR) is 106 cm³/mol. The molecule has 0 aliphatic heterocycles. The van der Waals surface area contributed by atoms with Crippen LogP contribution < -0.4 is 0 Å². The van der Waals surface area contributed by atoms with Gasteiger partial charge in [-0.15, -0.1) is 5.98 Å². The molecule has 0 spiro atoms. The van der Waals surface area contributed by atoms with E-state index in [-0.39, 0.29) is 0 Å². The first-order valence-electron chi connectivity index (χ1n) is 8.40. The highest BCUT2D eigenvalue weighted by molar-refractivity contribution is 6.21. The van der Waals surface area contributed by atoms with Gasteiger partial charge in [0.15, 0.2) is 0 Å². The molecule has 0 unspecified atom stereocenters. The fourth-order valence-corrected chi connectivity index (χ4v) is 2.67. The Kier molecular flexibility index (Phi) is 6.62. The summed E-state index contributed by atoms with van der Waals surface area (Å²) in [5.41, 5.74) is 3.83. The standard InChI is InChI=1S/C14H13B.C7H12N2/c15-11-14(12-7-3-1-4-8-12)13-9-5-2-6-10-13;1-6(2)9-5-4-8-7(9)3/h1-11H,15H2;4-6H,1-3H3. The van der Waals surface area contributed by atoms with Gasteiger partial charge in [0, 0.05) is 18.4 Å². The molecule has 1 aromatic heterocycles. The highest BCUT2D eigenvalue weighted by Gasteiger charge is 2.01. The van der Waals surface area contributed by atoms with Gasteiger partial charge in [-0.1, -0.05) is 60.7 Å². The van der Waals surface area contributed by atoms with Crippen LogP contribution in [0.25, 0.3) is 5.57 Å². The SMILES string of the molecule is BC=C(c1ccccc1)c1ccccc1.Cc1nccn1C(C)C. The largest absolute Gasteiger partial charge is 0.333 e. The molecule has 24 heavy (non-hydrogen) atoms. The van der Waals surface area contributed by atoms with Crippen LogP contribution in [0.5, 0.6) is 0 Å². The van der Waals surface area contributed by atoms with Crippen LogP contribution in [0.4, 0.5) is 0 Å². The third-order valence-corrected chi connectivity index (χ3v) is 3.88. The lowest BCUT2D eigenvalue weighted by atomic mass is 9.92. The Labute approximate surface area is 146 Å². The van der Waals surface area contributed by atoms with E-state index in [2.05, 4.69) is 85.8 Å². The van der Waals surface area contributed by atoms with Crippen LogP contribution in [0.1, 0.15) is 36.8 Å². The molecule has 0 radical (unpaired) electrons. The molecular weight excluding hydrogens is 291 g/mol. The maximum atomic E-state index is 4.10. The van der Waals surface area contributed by atoms with Crippen LogP contribution in [0.3, 0.4) is 0 Å². The first kappa shape index (κ1) is 17.8. The fourth-order valence-electron chi connectivity index (χ4n) is 2.67. The van der Waals surface area contributed by atoms with E-state index in [0.717, 1.165) is 5.82 Å². The first-order valence-corrected chi connectivity index (χ1v) is 8.40. The molecule has 2 nitrogen and oxygen atoms in total. The van der Waals surface area contributed by atoms with E-state index < -0.39 is 0 Å². The summed E-state index contributed by atoms with van der Waals surface area (Å²) in [6, 6.07) is 21.5. The molecule has 0 N–H and O–H groups in total. The minimum atomic E-state index is 0.535. The van der Waals surface area contributed by atoms with E-state index in [1.807, 2.05) is 31.5 Å². The molecule has 0 saturated heterocycles. The molecule has 2 aromatic carbocycles. The second-order valence-electron chi connectivity index (χ2n) is 5.91. The van der Waals surface area contributed by atoms with Gasteiger partial charge in [-0.25, -0.2) is 4.98 Å². The number of aromatic nitrogens is 2. The van der Waals surface area contributed by atoms with Gasteiger partial charge in [-0.3, -0.25) is 0 Å². The molecule has 0 bridgehead atoms. The van der Waals surface area contributed by atoms with Crippen LogP contribution >= 0.6 is 0 Å². The number of benzene rings is 2. The van der Waals surface area contributed by atoms with Gasteiger partial charge in [-0.05, 0) is 37.5 Å². The van der Waals surface area contributed by atoms with Crippen molar-refractivity contribution in [3.63, 3.8) is 0 Å². The lowest BCUT2D eigenvalue weighted by molar-refractivity contribution is 0.582. The summed E-state index contributed by atoms with van der Waals surface area (Å²) in [5, 5.41) is 0. The molecule has 3 heteroatoms. The molecule has 3 aromatic rings. The lowest BCUT2D eigenvalue weighted by Crippen LogP contribution is -2.00. The first-order chi connectivity index (χ1) is 11.6. The summed E-state index contributed by atoms with van der Waals surface area (Å²) < 4.78 is 2.14. The van der Waals surface area contributed by atoms with Gasteiger partial charge < -0.3 is 4.57 Å². The van der Waals surface area contributed by atoms with Gasteiger partial charge in [0.1, 0.15) is 13.7 Å².